The highest BCUT2D eigenvalue weighted by Crippen LogP contribution is 2.10. The summed E-state index contributed by atoms with van der Waals surface area (Å²) in [5.41, 5.74) is 2.45. The van der Waals surface area contributed by atoms with Gasteiger partial charge in [0.1, 0.15) is 0 Å². The number of hydrogen-bond donors (Lipinski definition) is 1. The highest BCUT2D eigenvalue weighted by atomic mass is 15.1. The monoisotopic (exact) mass is 286 g/mol. The van der Waals surface area contributed by atoms with Crippen molar-refractivity contribution in [3.05, 3.63) is 48.5 Å². The average Bonchev–Trinajstić information content (AvgIpc) is 2.97. The van der Waals surface area contributed by atoms with Gasteiger partial charge in [-0.05, 0) is 37.7 Å². The summed E-state index contributed by atoms with van der Waals surface area (Å²) in [5.74, 6) is 0.649. The van der Waals surface area contributed by atoms with Crippen molar-refractivity contribution in [3.63, 3.8) is 0 Å². The summed E-state index contributed by atoms with van der Waals surface area (Å²) in [7, 11) is 4.29. The number of hydrogen-bond acceptors (Lipinski definition) is 3. The van der Waals surface area contributed by atoms with Gasteiger partial charge in [0.05, 0.1) is 6.33 Å². The Bertz CT molecular complexity index is 506. The predicted octanol–water partition coefficient (Wildman–Crippen LogP) is 2.55. The molecule has 1 atom stereocenters. The lowest BCUT2D eigenvalue weighted by molar-refractivity contribution is 0.224. The first-order chi connectivity index (χ1) is 10.1. The third kappa shape index (κ3) is 4.41. The van der Waals surface area contributed by atoms with Crippen molar-refractivity contribution in [1.29, 1.82) is 0 Å². The largest absolute Gasteiger partial charge is 0.311 e. The Morgan fingerprint density at radius 2 is 1.90 bits per heavy atom. The van der Waals surface area contributed by atoms with E-state index >= 15 is 0 Å². The van der Waals surface area contributed by atoms with E-state index in [1.807, 2.05) is 17.1 Å². The molecule has 1 heterocycles. The fraction of sp³-hybridized carbons (Fsp3) is 0.471. The summed E-state index contributed by atoms with van der Waals surface area (Å²) >= 11 is 0. The van der Waals surface area contributed by atoms with Crippen LogP contribution in [0.1, 0.15) is 19.4 Å². The number of nitrogens with zero attached hydrogens (tertiary/aromatic N) is 3. The zero-order valence-corrected chi connectivity index (χ0v) is 13.5. The molecule has 4 heteroatoms. The fourth-order valence-electron chi connectivity index (χ4n) is 2.58. The van der Waals surface area contributed by atoms with Crippen molar-refractivity contribution in [1.82, 2.24) is 19.8 Å². The van der Waals surface area contributed by atoms with E-state index in [1.165, 1.54) is 5.56 Å². The van der Waals surface area contributed by atoms with Crippen LogP contribution < -0.4 is 5.32 Å². The number of imidazole rings is 1. The molecule has 0 spiro atoms. The molecule has 114 valence electrons. The minimum absolute atomic E-state index is 0.565. The third-order valence-electron chi connectivity index (χ3n) is 3.85. The van der Waals surface area contributed by atoms with Crippen LogP contribution in [0.25, 0.3) is 5.69 Å². The van der Waals surface area contributed by atoms with Gasteiger partial charge in [0.2, 0.25) is 0 Å². The van der Waals surface area contributed by atoms with Gasteiger partial charge in [-0.15, -0.1) is 0 Å². The summed E-state index contributed by atoms with van der Waals surface area (Å²) in [6.45, 7) is 6.45. The van der Waals surface area contributed by atoms with Crippen molar-refractivity contribution < 1.29 is 0 Å². The molecule has 2 rings (SSSR count). The van der Waals surface area contributed by atoms with Gasteiger partial charge in [-0.25, -0.2) is 4.98 Å². The van der Waals surface area contributed by atoms with Crippen LogP contribution in [-0.4, -0.2) is 41.1 Å². The molecule has 4 nitrogen and oxygen atoms in total. The van der Waals surface area contributed by atoms with E-state index in [4.69, 9.17) is 0 Å². The van der Waals surface area contributed by atoms with Crippen molar-refractivity contribution in [2.75, 3.05) is 20.6 Å². The Morgan fingerprint density at radius 1 is 1.19 bits per heavy atom. The Kier molecular flexibility index (Phi) is 5.53. The fourth-order valence-corrected chi connectivity index (χ4v) is 2.58. The average molecular weight is 286 g/mol. The van der Waals surface area contributed by atoms with Gasteiger partial charge in [0.25, 0.3) is 0 Å². The number of rotatable bonds is 7. The Morgan fingerprint density at radius 3 is 2.43 bits per heavy atom. The van der Waals surface area contributed by atoms with Crippen LogP contribution in [0.3, 0.4) is 0 Å². The molecule has 0 bridgehead atoms. The van der Waals surface area contributed by atoms with E-state index < -0.39 is 0 Å². The molecular formula is C17H26N4. The predicted molar refractivity (Wildman–Crippen MR) is 87.6 cm³/mol. The SMILES string of the molecule is CC(C)C(CNCc1ccc(-n2ccnc2)cc1)N(C)C. The standard InChI is InChI=1S/C17H26N4/c1-14(2)17(20(3)4)12-19-11-15-5-7-16(8-6-15)21-10-9-18-13-21/h5-10,13-14,17,19H,11-12H2,1-4H3. The van der Waals surface area contributed by atoms with Gasteiger partial charge in [-0.3, -0.25) is 0 Å². The molecular weight excluding hydrogens is 260 g/mol. The second-order valence-electron chi connectivity index (χ2n) is 6.04. The highest BCUT2D eigenvalue weighted by Gasteiger charge is 2.14. The van der Waals surface area contributed by atoms with Crippen LogP contribution in [0.5, 0.6) is 0 Å². The van der Waals surface area contributed by atoms with E-state index in [0.29, 0.717) is 12.0 Å². The summed E-state index contributed by atoms with van der Waals surface area (Å²) in [6, 6.07) is 9.16. The van der Waals surface area contributed by atoms with Crippen molar-refractivity contribution >= 4 is 0 Å². The second kappa shape index (κ2) is 7.38. The van der Waals surface area contributed by atoms with Crippen molar-refractivity contribution in [2.24, 2.45) is 5.92 Å². The Labute approximate surface area is 127 Å². The van der Waals surface area contributed by atoms with Gasteiger partial charge in [0.15, 0.2) is 0 Å². The molecule has 1 N–H and O–H groups in total. The molecule has 0 aliphatic heterocycles. The molecule has 1 aromatic heterocycles. The topological polar surface area (TPSA) is 33.1 Å². The maximum atomic E-state index is 4.07. The Hall–Kier alpha value is -1.65. The molecule has 1 aromatic carbocycles. The lowest BCUT2D eigenvalue weighted by Gasteiger charge is -2.28. The minimum atomic E-state index is 0.565. The summed E-state index contributed by atoms with van der Waals surface area (Å²) < 4.78 is 2.01. The van der Waals surface area contributed by atoms with Crippen LogP contribution in [0.2, 0.25) is 0 Å². The minimum Gasteiger partial charge on any atom is -0.311 e. The van der Waals surface area contributed by atoms with Gasteiger partial charge < -0.3 is 14.8 Å². The lowest BCUT2D eigenvalue weighted by Crippen LogP contribution is -2.41. The zero-order chi connectivity index (χ0) is 15.2. The van der Waals surface area contributed by atoms with Crippen LogP contribution in [0.15, 0.2) is 43.0 Å². The summed E-state index contributed by atoms with van der Waals surface area (Å²) in [4.78, 5) is 6.36. The first-order valence-electron chi connectivity index (χ1n) is 7.52. The van der Waals surface area contributed by atoms with E-state index in [9.17, 15) is 0 Å². The zero-order valence-electron chi connectivity index (χ0n) is 13.5. The number of likely N-dealkylation sites (N-methyl/N-ethyl adjacent to an activating group) is 1. The van der Waals surface area contributed by atoms with Crippen LogP contribution in [-0.2, 0) is 6.54 Å². The smallest absolute Gasteiger partial charge is 0.0991 e. The van der Waals surface area contributed by atoms with E-state index in [-0.39, 0.29) is 0 Å². The third-order valence-corrected chi connectivity index (χ3v) is 3.85. The van der Waals surface area contributed by atoms with Crippen LogP contribution in [0, 0.1) is 5.92 Å². The maximum absolute atomic E-state index is 4.07. The molecule has 2 aromatic rings. The van der Waals surface area contributed by atoms with Crippen molar-refractivity contribution in [2.45, 2.75) is 26.4 Å². The van der Waals surface area contributed by atoms with Gasteiger partial charge in [-0.2, -0.15) is 0 Å². The Balaban J connectivity index is 1.86. The number of nitrogens with one attached hydrogen (secondary N) is 1. The molecule has 0 radical (unpaired) electrons. The van der Waals surface area contributed by atoms with Crippen molar-refractivity contribution in [3.8, 4) is 5.69 Å². The van der Waals surface area contributed by atoms with Crippen LogP contribution in [0.4, 0.5) is 0 Å². The molecule has 21 heavy (non-hydrogen) atoms. The second-order valence-corrected chi connectivity index (χ2v) is 6.04. The van der Waals surface area contributed by atoms with Crippen LogP contribution >= 0.6 is 0 Å². The number of benzene rings is 1. The molecule has 0 aliphatic carbocycles. The summed E-state index contributed by atoms with van der Waals surface area (Å²) in [6.07, 6.45) is 5.57. The first kappa shape index (κ1) is 15.7. The quantitative estimate of drug-likeness (QED) is 0.849. The van der Waals surface area contributed by atoms with Gasteiger partial charge in [0, 0.05) is 37.2 Å². The molecule has 0 saturated heterocycles. The van der Waals surface area contributed by atoms with E-state index in [0.717, 1.165) is 18.8 Å². The normalized spacial score (nSPS) is 13.0. The molecule has 1 unspecified atom stereocenters. The molecule has 0 fully saturated rings. The van der Waals surface area contributed by atoms with E-state index in [2.05, 4.69) is 67.4 Å². The van der Waals surface area contributed by atoms with E-state index in [1.54, 1.807) is 6.20 Å². The highest BCUT2D eigenvalue weighted by molar-refractivity contribution is 5.34. The lowest BCUT2D eigenvalue weighted by atomic mass is 10.0. The maximum Gasteiger partial charge on any atom is 0.0991 e. The summed E-state index contributed by atoms with van der Waals surface area (Å²) in [5, 5.41) is 3.56. The molecule has 0 amide bonds. The van der Waals surface area contributed by atoms with Gasteiger partial charge in [-0.1, -0.05) is 26.0 Å². The molecule has 0 aliphatic rings. The molecule has 0 saturated carbocycles. The number of aromatic nitrogens is 2. The van der Waals surface area contributed by atoms with Gasteiger partial charge >= 0.3 is 0 Å². The first-order valence-corrected chi connectivity index (χ1v) is 7.52.